The Labute approximate surface area is 78.6 Å². The van der Waals surface area contributed by atoms with E-state index in [1.165, 1.54) is 0 Å². The maximum absolute atomic E-state index is 4.01. The Morgan fingerprint density at radius 2 is 2.46 bits per heavy atom. The summed E-state index contributed by atoms with van der Waals surface area (Å²) in [5.41, 5.74) is 0. The van der Waals surface area contributed by atoms with Gasteiger partial charge in [0.05, 0.1) is 6.33 Å². The van der Waals surface area contributed by atoms with Gasteiger partial charge in [0.2, 0.25) is 0 Å². The van der Waals surface area contributed by atoms with Gasteiger partial charge in [-0.3, -0.25) is 4.90 Å². The predicted molar refractivity (Wildman–Crippen MR) is 51.5 cm³/mol. The van der Waals surface area contributed by atoms with Crippen molar-refractivity contribution < 1.29 is 0 Å². The fourth-order valence-corrected chi connectivity index (χ4v) is 1.46. The Balaban J connectivity index is 1.72. The molecule has 1 aliphatic heterocycles. The summed E-state index contributed by atoms with van der Waals surface area (Å²) >= 11 is 0. The minimum absolute atomic E-state index is 0.739. The van der Waals surface area contributed by atoms with E-state index in [9.17, 15) is 0 Å². The first-order valence-corrected chi connectivity index (χ1v) is 4.73. The van der Waals surface area contributed by atoms with Crippen molar-refractivity contribution in [1.82, 2.24) is 19.8 Å². The standard InChI is InChI=1S/C9H16N4/c1-12(9-6-11-7-9)4-5-13-3-2-10-8-13/h2-3,8-9,11H,4-7H2,1H3. The van der Waals surface area contributed by atoms with Gasteiger partial charge in [0.1, 0.15) is 0 Å². The molecule has 0 aliphatic carbocycles. The van der Waals surface area contributed by atoms with E-state index in [4.69, 9.17) is 0 Å². The maximum Gasteiger partial charge on any atom is 0.0946 e. The minimum Gasteiger partial charge on any atom is -0.336 e. The highest BCUT2D eigenvalue weighted by atomic mass is 15.2. The molecule has 1 aliphatic rings. The van der Waals surface area contributed by atoms with Gasteiger partial charge in [-0.25, -0.2) is 4.98 Å². The molecule has 1 saturated heterocycles. The van der Waals surface area contributed by atoms with E-state index in [1.807, 2.05) is 18.7 Å². The highest BCUT2D eigenvalue weighted by Crippen LogP contribution is 2.01. The smallest absolute Gasteiger partial charge is 0.0946 e. The van der Waals surface area contributed by atoms with Crippen LogP contribution in [0.1, 0.15) is 0 Å². The van der Waals surface area contributed by atoms with Crippen molar-refractivity contribution in [2.24, 2.45) is 0 Å². The number of nitrogens with zero attached hydrogens (tertiary/aromatic N) is 3. The number of aromatic nitrogens is 2. The molecule has 1 aromatic rings. The predicted octanol–water partition coefficient (Wildman–Crippen LogP) is -0.213. The monoisotopic (exact) mass is 180 g/mol. The third-order valence-electron chi connectivity index (χ3n) is 2.65. The second-order valence-electron chi connectivity index (χ2n) is 3.59. The van der Waals surface area contributed by atoms with Crippen molar-refractivity contribution in [2.75, 3.05) is 26.7 Å². The molecule has 0 saturated carbocycles. The topological polar surface area (TPSA) is 33.1 Å². The summed E-state index contributed by atoms with van der Waals surface area (Å²) in [4.78, 5) is 6.41. The van der Waals surface area contributed by atoms with Gasteiger partial charge in [-0.1, -0.05) is 0 Å². The number of imidazole rings is 1. The Hall–Kier alpha value is -0.870. The quantitative estimate of drug-likeness (QED) is 0.696. The summed E-state index contributed by atoms with van der Waals surface area (Å²) in [7, 11) is 2.18. The van der Waals surface area contributed by atoms with Crippen LogP contribution in [0, 0.1) is 0 Å². The first-order valence-electron chi connectivity index (χ1n) is 4.73. The van der Waals surface area contributed by atoms with Crippen LogP contribution in [-0.4, -0.2) is 47.2 Å². The Morgan fingerprint density at radius 1 is 1.62 bits per heavy atom. The summed E-state index contributed by atoms with van der Waals surface area (Å²) < 4.78 is 2.11. The summed E-state index contributed by atoms with van der Waals surface area (Å²) in [6.45, 7) is 4.41. The number of hydrogen-bond donors (Lipinski definition) is 1. The van der Waals surface area contributed by atoms with Gasteiger partial charge in [0, 0.05) is 44.6 Å². The molecular formula is C9H16N4. The Bertz CT molecular complexity index is 240. The normalized spacial score (nSPS) is 17.7. The average Bonchev–Trinajstić information content (AvgIpc) is 2.49. The maximum atomic E-state index is 4.01. The molecule has 1 fully saturated rings. The van der Waals surface area contributed by atoms with Crippen molar-refractivity contribution in [1.29, 1.82) is 0 Å². The van der Waals surface area contributed by atoms with Gasteiger partial charge in [-0.2, -0.15) is 0 Å². The van der Waals surface area contributed by atoms with Gasteiger partial charge >= 0.3 is 0 Å². The zero-order chi connectivity index (χ0) is 9.10. The van der Waals surface area contributed by atoms with E-state index < -0.39 is 0 Å². The van der Waals surface area contributed by atoms with Gasteiger partial charge in [0.25, 0.3) is 0 Å². The molecule has 13 heavy (non-hydrogen) atoms. The molecule has 0 radical (unpaired) electrons. The summed E-state index contributed by atoms with van der Waals surface area (Å²) in [6.07, 6.45) is 5.70. The lowest BCUT2D eigenvalue weighted by atomic mass is 10.1. The van der Waals surface area contributed by atoms with Crippen LogP contribution in [0.4, 0.5) is 0 Å². The molecule has 0 unspecified atom stereocenters. The largest absolute Gasteiger partial charge is 0.336 e. The molecule has 2 rings (SSSR count). The fraction of sp³-hybridized carbons (Fsp3) is 0.667. The summed E-state index contributed by atoms with van der Waals surface area (Å²) in [5.74, 6) is 0. The lowest BCUT2D eigenvalue weighted by molar-refractivity contribution is 0.174. The lowest BCUT2D eigenvalue weighted by Crippen LogP contribution is -2.56. The van der Waals surface area contributed by atoms with E-state index in [0.717, 1.165) is 32.2 Å². The molecule has 2 heterocycles. The molecule has 0 atom stereocenters. The van der Waals surface area contributed by atoms with Crippen molar-refractivity contribution in [3.8, 4) is 0 Å². The van der Waals surface area contributed by atoms with Crippen LogP contribution in [-0.2, 0) is 6.54 Å². The lowest BCUT2D eigenvalue weighted by Gasteiger charge is -2.35. The van der Waals surface area contributed by atoms with Crippen molar-refractivity contribution in [2.45, 2.75) is 12.6 Å². The molecule has 1 N–H and O–H groups in total. The number of rotatable bonds is 4. The minimum atomic E-state index is 0.739. The summed E-state index contributed by atoms with van der Waals surface area (Å²) in [6, 6.07) is 0.739. The van der Waals surface area contributed by atoms with Crippen LogP contribution in [0.15, 0.2) is 18.7 Å². The molecule has 0 aromatic carbocycles. The number of nitrogens with one attached hydrogen (secondary N) is 1. The van der Waals surface area contributed by atoms with Crippen molar-refractivity contribution in [3.05, 3.63) is 18.7 Å². The molecule has 1 aromatic heterocycles. The van der Waals surface area contributed by atoms with E-state index in [2.05, 4.69) is 26.8 Å². The third kappa shape index (κ3) is 2.08. The van der Waals surface area contributed by atoms with Crippen molar-refractivity contribution in [3.63, 3.8) is 0 Å². The molecule has 4 heteroatoms. The summed E-state index contributed by atoms with van der Waals surface area (Å²) in [5, 5.41) is 3.27. The van der Waals surface area contributed by atoms with Gasteiger partial charge < -0.3 is 9.88 Å². The first-order chi connectivity index (χ1) is 6.36. The Kier molecular flexibility index (Phi) is 2.61. The highest BCUT2D eigenvalue weighted by molar-refractivity contribution is 4.83. The fourth-order valence-electron chi connectivity index (χ4n) is 1.46. The molecular weight excluding hydrogens is 164 g/mol. The van der Waals surface area contributed by atoms with Crippen LogP contribution in [0.2, 0.25) is 0 Å². The number of hydrogen-bond acceptors (Lipinski definition) is 3. The molecule has 72 valence electrons. The second kappa shape index (κ2) is 3.89. The Morgan fingerprint density at radius 3 is 3.00 bits per heavy atom. The van der Waals surface area contributed by atoms with E-state index in [0.29, 0.717) is 0 Å². The van der Waals surface area contributed by atoms with Crippen LogP contribution in [0.3, 0.4) is 0 Å². The van der Waals surface area contributed by atoms with E-state index in [1.54, 1.807) is 0 Å². The first kappa shape index (κ1) is 8.72. The average molecular weight is 180 g/mol. The van der Waals surface area contributed by atoms with Gasteiger partial charge in [-0.05, 0) is 7.05 Å². The van der Waals surface area contributed by atoms with E-state index >= 15 is 0 Å². The SMILES string of the molecule is CN(CCn1ccnc1)C1CNC1. The van der Waals surface area contributed by atoms with Crippen LogP contribution in [0.5, 0.6) is 0 Å². The second-order valence-corrected chi connectivity index (χ2v) is 3.59. The molecule has 4 nitrogen and oxygen atoms in total. The molecule has 0 amide bonds. The molecule has 0 spiro atoms. The number of likely N-dealkylation sites (N-methyl/N-ethyl adjacent to an activating group) is 1. The van der Waals surface area contributed by atoms with Crippen LogP contribution < -0.4 is 5.32 Å². The highest BCUT2D eigenvalue weighted by Gasteiger charge is 2.20. The zero-order valence-corrected chi connectivity index (χ0v) is 7.98. The molecule has 0 bridgehead atoms. The van der Waals surface area contributed by atoms with Gasteiger partial charge in [-0.15, -0.1) is 0 Å². The van der Waals surface area contributed by atoms with E-state index in [-0.39, 0.29) is 0 Å². The van der Waals surface area contributed by atoms with Crippen LogP contribution >= 0.6 is 0 Å². The zero-order valence-electron chi connectivity index (χ0n) is 7.98. The third-order valence-corrected chi connectivity index (χ3v) is 2.65. The van der Waals surface area contributed by atoms with Gasteiger partial charge in [0.15, 0.2) is 0 Å². The van der Waals surface area contributed by atoms with Crippen molar-refractivity contribution >= 4 is 0 Å². The van der Waals surface area contributed by atoms with Crippen LogP contribution in [0.25, 0.3) is 0 Å².